The lowest BCUT2D eigenvalue weighted by atomic mass is 10.1. The van der Waals surface area contributed by atoms with Gasteiger partial charge < -0.3 is 0 Å². The minimum absolute atomic E-state index is 0.229. The van der Waals surface area contributed by atoms with E-state index in [1.165, 1.54) is 0 Å². The molecule has 0 aliphatic rings. The Morgan fingerprint density at radius 2 is 2.31 bits per heavy atom. The summed E-state index contributed by atoms with van der Waals surface area (Å²) < 4.78 is 0. The molecule has 0 aliphatic carbocycles. The van der Waals surface area contributed by atoms with Crippen molar-refractivity contribution in [3.63, 3.8) is 0 Å². The van der Waals surface area contributed by atoms with Crippen LogP contribution in [-0.2, 0) is 0 Å². The number of carbonyl (C=O) groups excluding carboxylic acids is 1. The standard InChI is InChI=1S/C11H15NO/c1-3-4-5-11(13)10-6-7-12-9(2)8-10/h6-8H,3-5H2,1-2H3. The molecular formula is C11H15NO. The largest absolute Gasteiger partial charge is 0.294 e. The number of aromatic nitrogens is 1. The first-order chi connectivity index (χ1) is 6.24. The first kappa shape index (κ1) is 9.90. The molecule has 0 atom stereocenters. The van der Waals surface area contributed by atoms with Gasteiger partial charge in [0.25, 0.3) is 0 Å². The molecule has 2 heteroatoms. The van der Waals surface area contributed by atoms with Crippen molar-refractivity contribution in [2.24, 2.45) is 0 Å². The Kier molecular flexibility index (Phi) is 3.62. The summed E-state index contributed by atoms with van der Waals surface area (Å²) in [6.45, 7) is 3.99. The van der Waals surface area contributed by atoms with Gasteiger partial charge in [0.15, 0.2) is 5.78 Å². The second kappa shape index (κ2) is 4.75. The van der Waals surface area contributed by atoms with Gasteiger partial charge in [-0.3, -0.25) is 9.78 Å². The van der Waals surface area contributed by atoms with Crippen molar-refractivity contribution in [1.82, 2.24) is 4.98 Å². The highest BCUT2D eigenvalue weighted by Crippen LogP contribution is 2.07. The first-order valence-corrected chi connectivity index (χ1v) is 4.70. The summed E-state index contributed by atoms with van der Waals surface area (Å²) in [5, 5.41) is 0. The number of carbonyl (C=O) groups is 1. The quantitative estimate of drug-likeness (QED) is 0.662. The van der Waals surface area contributed by atoms with E-state index in [0.29, 0.717) is 6.42 Å². The molecule has 1 aromatic heterocycles. The molecular weight excluding hydrogens is 162 g/mol. The van der Waals surface area contributed by atoms with Crippen LogP contribution in [0.2, 0.25) is 0 Å². The van der Waals surface area contributed by atoms with Crippen LogP contribution in [0, 0.1) is 6.92 Å². The van der Waals surface area contributed by atoms with Crippen molar-refractivity contribution < 1.29 is 4.79 Å². The fourth-order valence-corrected chi connectivity index (χ4v) is 1.20. The lowest BCUT2D eigenvalue weighted by Gasteiger charge is -1.99. The predicted octanol–water partition coefficient (Wildman–Crippen LogP) is 2.76. The Hall–Kier alpha value is -1.18. The van der Waals surface area contributed by atoms with E-state index in [1.807, 2.05) is 13.0 Å². The molecule has 2 nitrogen and oxygen atoms in total. The van der Waals surface area contributed by atoms with Gasteiger partial charge in [-0.05, 0) is 25.5 Å². The predicted molar refractivity (Wildman–Crippen MR) is 52.8 cm³/mol. The zero-order valence-corrected chi connectivity index (χ0v) is 8.21. The number of pyridine rings is 1. The Labute approximate surface area is 79.0 Å². The SMILES string of the molecule is CCCCC(=O)c1ccnc(C)c1. The molecule has 0 spiro atoms. The molecule has 0 aliphatic heterocycles. The average molecular weight is 177 g/mol. The van der Waals surface area contributed by atoms with Gasteiger partial charge in [0.2, 0.25) is 0 Å². The van der Waals surface area contributed by atoms with Crippen LogP contribution >= 0.6 is 0 Å². The van der Waals surface area contributed by atoms with Crippen molar-refractivity contribution >= 4 is 5.78 Å². The second-order valence-electron chi connectivity index (χ2n) is 3.21. The maximum Gasteiger partial charge on any atom is 0.162 e. The molecule has 70 valence electrons. The molecule has 1 heterocycles. The molecule has 1 rings (SSSR count). The summed E-state index contributed by atoms with van der Waals surface area (Å²) in [5.41, 5.74) is 1.70. The molecule has 0 radical (unpaired) electrons. The Morgan fingerprint density at radius 3 is 2.92 bits per heavy atom. The van der Waals surface area contributed by atoms with E-state index in [1.54, 1.807) is 12.3 Å². The van der Waals surface area contributed by atoms with E-state index in [9.17, 15) is 4.79 Å². The number of Topliss-reactive ketones (excluding diaryl/α,β-unsaturated/α-hetero) is 1. The number of nitrogens with zero attached hydrogens (tertiary/aromatic N) is 1. The van der Waals surface area contributed by atoms with Gasteiger partial charge in [-0.1, -0.05) is 13.3 Å². The third kappa shape index (κ3) is 2.98. The number of aryl methyl sites for hydroxylation is 1. The summed E-state index contributed by atoms with van der Waals surface area (Å²) in [6, 6.07) is 3.63. The highest BCUT2D eigenvalue weighted by Gasteiger charge is 2.04. The Bertz CT molecular complexity index is 294. The van der Waals surface area contributed by atoms with E-state index < -0.39 is 0 Å². The topological polar surface area (TPSA) is 30.0 Å². The monoisotopic (exact) mass is 177 g/mol. The molecule has 13 heavy (non-hydrogen) atoms. The summed E-state index contributed by atoms with van der Waals surface area (Å²) in [5.74, 6) is 0.229. The summed E-state index contributed by atoms with van der Waals surface area (Å²) in [7, 11) is 0. The van der Waals surface area contributed by atoms with Gasteiger partial charge in [0, 0.05) is 23.9 Å². The van der Waals surface area contributed by atoms with Crippen LogP contribution in [0.1, 0.15) is 42.2 Å². The third-order valence-corrected chi connectivity index (χ3v) is 1.98. The molecule has 0 bridgehead atoms. The zero-order valence-electron chi connectivity index (χ0n) is 8.21. The minimum atomic E-state index is 0.229. The van der Waals surface area contributed by atoms with Gasteiger partial charge in [0.05, 0.1) is 0 Å². The first-order valence-electron chi connectivity index (χ1n) is 4.70. The fourth-order valence-electron chi connectivity index (χ4n) is 1.20. The van der Waals surface area contributed by atoms with Crippen molar-refractivity contribution in [3.05, 3.63) is 29.6 Å². The van der Waals surface area contributed by atoms with Gasteiger partial charge >= 0.3 is 0 Å². The summed E-state index contributed by atoms with van der Waals surface area (Å²) >= 11 is 0. The molecule has 0 saturated heterocycles. The minimum Gasteiger partial charge on any atom is -0.294 e. The van der Waals surface area contributed by atoms with Gasteiger partial charge in [0.1, 0.15) is 0 Å². The normalized spacial score (nSPS) is 10.0. The Balaban J connectivity index is 2.66. The fraction of sp³-hybridized carbons (Fsp3) is 0.455. The lowest BCUT2D eigenvalue weighted by molar-refractivity contribution is 0.0979. The second-order valence-corrected chi connectivity index (χ2v) is 3.21. The van der Waals surface area contributed by atoms with Crippen LogP contribution in [0.4, 0.5) is 0 Å². The molecule has 0 fully saturated rings. The van der Waals surface area contributed by atoms with Crippen molar-refractivity contribution in [3.8, 4) is 0 Å². The molecule has 0 aromatic carbocycles. The number of hydrogen-bond donors (Lipinski definition) is 0. The number of rotatable bonds is 4. The van der Waals surface area contributed by atoms with Crippen LogP contribution in [0.5, 0.6) is 0 Å². The highest BCUT2D eigenvalue weighted by atomic mass is 16.1. The Morgan fingerprint density at radius 1 is 1.54 bits per heavy atom. The van der Waals surface area contributed by atoms with Crippen molar-refractivity contribution in [1.29, 1.82) is 0 Å². The molecule has 1 aromatic rings. The van der Waals surface area contributed by atoms with E-state index in [2.05, 4.69) is 11.9 Å². The lowest BCUT2D eigenvalue weighted by Crippen LogP contribution is -1.99. The number of unbranched alkanes of at least 4 members (excludes halogenated alkanes) is 1. The van der Waals surface area contributed by atoms with Crippen LogP contribution in [0.15, 0.2) is 18.3 Å². The summed E-state index contributed by atoms with van der Waals surface area (Å²) in [4.78, 5) is 15.6. The number of hydrogen-bond acceptors (Lipinski definition) is 2. The average Bonchev–Trinajstić information content (AvgIpc) is 2.14. The van der Waals surface area contributed by atoms with Crippen LogP contribution in [0.3, 0.4) is 0 Å². The molecule has 0 N–H and O–H groups in total. The van der Waals surface area contributed by atoms with Crippen LogP contribution in [-0.4, -0.2) is 10.8 Å². The number of ketones is 1. The summed E-state index contributed by atoms with van der Waals surface area (Å²) in [6.07, 6.45) is 4.38. The van der Waals surface area contributed by atoms with E-state index in [4.69, 9.17) is 0 Å². The maximum atomic E-state index is 11.5. The zero-order chi connectivity index (χ0) is 9.68. The molecule has 0 unspecified atom stereocenters. The van der Waals surface area contributed by atoms with Gasteiger partial charge in [-0.2, -0.15) is 0 Å². The van der Waals surface area contributed by atoms with Gasteiger partial charge in [-0.25, -0.2) is 0 Å². The maximum absolute atomic E-state index is 11.5. The van der Waals surface area contributed by atoms with Crippen molar-refractivity contribution in [2.75, 3.05) is 0 Å². The van der Waals surface area contributed by atoms with E-state index in [-0.39, 0.29) is 5.78 Å². The van der Waals surface area contributed by atoms with Crippen LogP contribution in [0.25, 0.3) is 0 Å². The van der Waals surface area contributed by atoms with Crippen LogP contribution < -0.4 is 0 Å². The molecule has 0 amide bonds. The smallest absolute Gasteiger partial charge is 0.162 e. The third-order valence-electron chi connectivity index (χ3n) is 1.98. The van der Waals surface area contributed by atoms with E-state index in [0.717, 1.165) is 24.1 Å². The van der Waals surface area contributed by atoms with Gasteiger partial charge in [-0.15, -0.1) is 0 Å². The molecule has 0 saturated carbocycles. The highest BCUT2D eigenvalue weighted by molar-refractivity contribution is 5.95. The van der Waals surface area contributed by atoms with Crippen molar-refractivity contribution in [2.45, 2.75) is 33.1 Å². The van der Waals surface area contributed by atoms with E-state index >= 15 is 0 Å².